The van der Waals surface area contributed by atoms with Gasteiger partial charge < -0.3 is 0 Å². The number of allylic oxidation sites excluding steroid dienone is 1. The highest BCUT2D eigenvalue weighted by Gasteiger charge is 2.77. The average molecular weight is 699 g/mol. The van der Waals surface area contributed by atoms with Crippen molar-refractivity contribution >= 4 is 68.6 Å². The molecule has 39 heavy (non-hydrogen) atoms. The third-order valence-corrected chi connectivity index (χ3v) is 6.67. The normalized spacial score (nSPS) is 13.9. The van der Waals surface area contributed by atoms with Gasteiger partial charge in [0.1, 0.15) is 0 Å². The fourth-order valence-electron chi connectivity index (χ4n) is 2.88. The number of rotatable bonds is 5. The molecule has 1 unspecified atom stereocenters. The number of halogens is 14. The molecule has 0 saturated heterocycles. The number of hydrogen-bond acceptors (Lipinski definition) is 2. The van der Waals surface area contributed by atoms with Gasteiger partial charge in [0.2, 0.25) is 0 Å². The minimum absolute atomic E-state index is 0.0415. The summed E-state index contributed by atoms with van der Waals surface area (Å²) in [6, 6.07) is 4.94. The third kappa shape index (κ3) is 7.30. The van der Waals surface area contributed by atoms with Crippen molar-refractivity contribution in [2.24, 2.45) is 0 Å². The van der Waals surface area contributed by atoms with E-state index in [0.29, 0.717) is 6.08 Å². The van der Waals surface area contributed by atoms with Gasteiger partial charge in [0.25, 0.3) is 11.8 Å². The topological polar surface area (TPSA) is 58.2 Å². The van der Waals surface area contributed by atoms with Crippen molar-refractivity contribution in [2.45, 2.75) is 30.1 Å². The lowest BCUT2D eigenvalue weighted by Gasteiger charge is -2.28. The first-order valence-corrected chi connectivity index (χ1v) is 11.7. The summed E-state index contributed by atoms with van der Waals surface area (Å²) in [6.45, 7) is 0. The molecule has 2 aromatic rings. The van der Waals surface area contributed by atoms with Gasteiger partial charge >= 0.3 is 24.2 Å². The predicted molar refractivity (Wildman–Crippen MR) is 125 cm³/mol. The van der Waals surface area contributed by atoms with Gasteiger partial charge in [0, 0.05) is 4.47 Å². The Labute approximate surface area is 235 Å². The zero-order chi connectivity index (χ0) is 30.1. The Bertz CT molecular complexity index is 1260. The summed E-state index contributed by atoms with van der Waals surface area (Å²) in [5, 5.41) is -0.625. The van der Waals surface area contributed by atoms with E-state index >= 15 is 0 Å². The first kappa shape index (κ1) is 33.0. The minimum atomic E-state index is -6.70. The van der Waals surface area contributed by atoms with Gasteiger partial charge in [-0.2, -0.15) is 39.5 Å². The second-order valence-corrected chi connectivity index (χ2v) is 9.53. The van der Waals surface area contributed by atoms with E-state index in [1.807, 2.05) is 0 Å². The Morgan fingerprint density at radius 3 is 1.77 bits per heavy atom. The summed E-state index contributed by atoms with van der Waals surface area (Å²) < 4.78 is 130. The number of carbonyl (C=O) groups excluding carboxylic acids is 2. The number of benzene rings is 2. The van der Waals surface area contributed by atoms with Gasteiger partial charge in [-0.25, -0.2) is 4.39 Å². The summed E-state index contributed by atoms with van der Waals surface area (Å²) >= 11 is 20.2. The zero-order valence-electron chi connectivity index (χ0n) is 18.2. The Hall–Kier alpha value is -2.23. The average Bonchev–Trinajstić information content (AvgIpc) is 2.77. The summed E-state index contributed by atoms with van der Waals surface area (Å²) in [4.78, 5) is 23.5. The van der Waals surface area contributed by atoms with E-state index in [2.05, 4.69) is 15.9 Å². The lowest BCUT2D eigenvalue weighted by molar-refractivity contribution is -0.326. The maximum atomic E-state index is 13.7. The molecule has 0 fully saturated rings. The van der Waals surface area contributed by atoms with Gasteiger partial charge in [-0.15, -0.1) is 0 Å². The second kappa shape index (κ2) is 11.7. The van der Waals surface area contributed by atoms with E-state index in [1.165, 1.54) is 5.43 Å². The van der Waals surface area contributed by atoms with E-state index in [-0.39, 0.29) is 30.7 Å². The molecule has 2 amide bonds. The number of nitrogens with one attached hydrogen (secondary N) is 2. The second-order valence-electron chi connectivity index (χ2n) is 7.48. The summed E-state index contributed by atoms with van der Waals surface area (Å²) in [6.07, 6.45) is -16.5. The molecule has 0 spiro atoms. The fourth-order valence-corrected chi connectivity index (χ4v) is 4.07. The van der Waals surface area contributed by atoms with Crippen molar-refractivity contribution in [1.29, 1.82) is 0 Å². The Morgan fingerprint density at radius 2 is 1.33 bits per heavy atom. The maximum absolute atomic E-state index is 13.7. The fraction of sp³-hybridized carbons (Fsp3) is 0.238. The van der Waals surface area contributed by atoms with Crippen molar-refractivity contribution in [2.75, 3.05) is 0 Å². The Kier molecular flexibility index (Phi) is 9.90. The van der Waals surface area contributed by atoms with Crippen molar-refractivity contribution < 1.29 is 53.5 Å². The number of hydrazine groups is 1. The molecule has 18 heteroatoms. The molecule has 2 aromatic carbocycles. The highest BCUT2D eigenvalue weighted by atomic mass is 79.9. The summed E-state index contributed by atoms with van der Waals surface area (Å²) in [5.74, 6) is -6.96. The van der Waals surface area contributed by atoms with Crippen LogP contribution in [0.3, 0.4) is 0 Å². The van der Waals surface area contributed by atoms with Gasteiger partial charge in [0.15, 0.2) is 0 Å². The molecular weight excluding hydrogens is 688 g/mol. The molecule has 2 rings (SSSR count). The molecule has 0 saturated carbocycles. The van der Waals surface area contributed by atoms with Crippen LogP contribution in [0, 0.1) is 0 Å². The molecular formula is C21H10BrCl3F10N2O2. The monoisotopic (exact) mass is 696 g/mol. The highest BCUT2D eigenvalue weighted by molar-refractivity contribution is 9.10. The maximum Gasteiger partial charge on any atom is 0.441 e. The molecule has 214 valence electrons. The van der Waals surface area contributed by atoms with Crippen molar-refractivity contribution in [3.63, 3.8) is 0 Å². The zero-order valence-corrected chi connectivity index (χ0v) is 22.1. The molecule has 0 heterocycles. The van der Waals surface area contributed by atoms with Crippen LogP contribution in [-0.2, 0) is 4.79 Å². The van der Waals surface area contributed by atoms with Crippen LogP contribution in [0.2, 0.25) is 15.1 Å². The molecule has 0 aromatic heterocycles. The molecule has 0 radical (unpaired) electrons. The largest absolute Gasteiger partial charge is 0.441 e. The predicted octanol–water partition coefficient (Wildman–Crippen LogP) is 8.36. The highest BCUT2D eigenvalue weighted by Crippen LogP contribution is 2.46. The molecule has 4 nitrogen and oxygen atoms in total. The van der Waals surface area contributed by atoms with Gasteiger partial charge in [-0.05, 0) is 51.3 Å². The standard InChI is InChI=1S/C21H10BrCl3F10N2O2/c22-12-5-8(2-4-11(19(27,28)29)9-6-13(23)15(25)14(24)7-9)1-3-10(12)16(38)36-37-17(39)18(26,20(30,31)32)21(33,34)35/h1-7,11H,(H,36,38)(H,37,39)/b4-2+. The van der Waals surface area contributed by atoms with Crippen LogP contribution in [0.1, 0.15) is 27.4 Å². The summed E-state index contributed by atoms with van der Waals surface area (Å²) in [7, 11) is 0. The lowest BCUT2D eigenvalue weighted by Crippen LogP contribution is -2.65. The van der Waals surface area contributed by atoms with Crippen LogP contribution in [0.4, 0.5) is 43.9 Å². The number of amides is 2. The summed E-state index contributed by atoms with van der Waals surface area (Å²) in [5.41, 5.74) is -5.22. The van der Waals surface area contributed by atoms with Gasteiger partial charge in [0.05, 0.1) is 26.5 Å². The van der Waals surface area contributed by atoms with E-state index in [1.54, 1.807) is 0 Å². The van der Waals surface area contributed by atoms with Gasteiger partial charge in [-0.3, -0.25) is 20.4 Å². The molecule has 1 atom stereocenters. The molecule has 2 N–H and O–H groups in total. The number of alkyl halides is 10. The smallest absolute Gasteiger partial charge is 0.269 e. The molecule has 0 aliphatic carbocycles. The van der Waals surface area contributed by atoms with Crippen LogP contribution in [-0.4, -0.2) is 36.0 Å². The number of hydrogen-bond donors (Lipinski definition) is 2. The van der Waals surface area contributed by atoms with E-state index in [4.69, 9.17) is 34.8 Å². The SMILES string of the molecule is O=C(NNC(=O)C(F)(C(F)(F)F)C(F)(F)F)c1ccc(/C=C/C(c2cc(Cl)c(Cl)c(Cl)c2)C(F)(F)F)cc1Br. The first-order valence-electron chi connectivity index (χ1n) is 9.73. The minimum Gasteiger partial charge on any atom is -0.269 e. The molecule has 0 bridgehead atoms. The van der Waals surface area contributed by atoms with E-state index in [9.17, 15) is 53.5 Å². The molecule has 0 aliphatic rings. The van der Waals surface area contributed by atoms with Gasteiger partial charge in [-0.1, -0.05) is 53.0 Å². The van der Waals surface area contributed by atoms with Crippen LogP contribution in [0.25, 0.3) is 6.08 Å². The van der Waals surface area contributed by atoms with Crippen molar-refractivity contribution in [3.05, 3.63) is 72.6 Å². The quantitative estimate of drug-likeness (QED) is 0.187. The third-order valence-electron chi connectivity index (χ3n) is 4.82. The van der Waals surface area contributed by atoms with Crippen LogP contribution < -0.4 is 10.9 Å². The van der Waals surface area contributed by atoms with E-state index < -0.39 is 47.5 Å². The first-order chi connectivity index (χ1) is 17.6. The molecule has 0 aliphatic heterocycles. The van der Waals surface area contributed by atoms with Crippen LogP contribution >= 0.6 is 50.7 Å². The van der Waals surface area contributed by atoms with Crippen LogP contribution in [0.15, 0.2) is 40.9 Å². The van der Waals surface area contributed by atoms with Crippen LogP contribution in [0.5, 0.6) is 0 Å². The van der Waals surface area contributed by atoms with Crippen molar-refractivity contribution in [1.82, 2.24) is 10.9 Å². The Balaban J connectivity index is 2.26. The van der Waals surface area contributed by atoms with Crippen molar-refractivity contribution in [3.8, 4) is 0 Å². The Morgan fingerprint density at radius 1 is 0.821 bits per heavy atom. The van der Waals surface area contributed by atoms with E-state index in [0.717, 1.165) is 41.8 Å². The lowest BCUT2D eigenvalue weighted by atomic mass is 9.97. The number of carbonyl (C=O) groups is 2.